The minimum atomic E-state index is -0.247. The van der Waals surface area contributed by atoms with Crippen LogP contribution in [0.15, 0.2) is 53.1 Å². The van der Waals surface area contributed by atoms with E-state index in [0.29, 0.717) is 28.8 Å². The van der Waals surface area contributed by atoms with Crippen LogP contribution in [-0.4, -0.2) is 21.2 Å². The maximum Gasteiger partial charge on any atom is 0.227 e. The van der Waals surface area contributed by atoms with Crippen LogP contribution in [0.3, 0.4) is 0 Å². The Bertz CT molecular complexity index is 846. The second-order valence-corrected chi connectivity index (χ2v) is 5.52. The molecule has 0 bridgehead atoms. The fraction of sp³-hybridized carbons (Fsp3) is 0.118. The Hall–Kier alpha value is -2.86. The molecule has 1 aromatic heterocycles. The van der Waals surface area contributed by atoms with E-state index >= 15 is 0 Å². The molecule has 3 aromatic rings. The third-order valence-electron chi connectivity index (χ3n) is 3.31. The number of hydrogen-bond acceptors (Lipinski definition) is 5. The summed E-state index contributed by atoms with van der Waals surface area (Å²) in [6.45, 7) is 0. The number of hydrogen-bond donors (Lipinski definition) is 2. The van der Waals surface area contributed by atoms with Crippen molar-refractivity contribution in [2.75, 3.05) is 5.32 Å². The summed E-state index contributed by atoms with van der Waals surface area (Å²) in [6.07, 6.45) is 0.469. The molecule has 1 amide bonds. The van der Waals surface area contributed by atoms with Crippen LogP contribution < -0.4 is 5.32 Å². The molecule has 2 aromatic carbocycles. The van der Waals surface area contributed by atoms with Gasteiger partial charge in [-0.05, 0) is 36.4 Å². The average Bonchev–Trinajstić information content (AvgIpc) is 3.05. The molecule has 6 nitrogen and oxygen atoms in total. The minimum absolute atomic E-state index is 0.0219. The number of aromatic hydroxyl groups is 1. The zero-order valence-corrected chi connectivity index (χ0v) is 13.3. The quantitative estimate of drug-likeness (QED) is 0.690. The summed E-state index contributed by atoms with van der Waals surface area (Å²) in [5.74, 6) is 0.589. The Balaban J connectivity index is 1.58. The van der Waals surface area contributed by atoms with E-state index in [9.17, 15) is 9.90 Å². The van der Waals surface area contributed by atoms with Gasteiger partial charge in [-0.1, -0.05) is 28.9 Å². The van der Waals surface area contributed by atoms with E-state index in [-0.39, 0.29) is 18.1 Å². The number of phenols is 1. The summed E-state index contributed by atoms with van der Waals surface area (Å²) in [6, 6.07) is 13.6. The molecule has 0 saturated heterocycles. The lowest BCUT2D eigenvalue weighted by Gasteiger charge is -2.05. The smallest absolute Gasteiger partial charge is 0.227 e. The van der Waals surface area contributed by atoms with Crippen molar-refractivity contribution in [3.8, 4) is 17.1 Å². The predicted molar refractivity (Wildman–Crippen MR) is 89.8 cm³/mol. The number of para-hydroxylation sites is 2. The van der Waals surface area contributed by atoms with Crippen molar-refractivity contribution < 1.29 is 14.4 Å². The first-order chi connectivity index (χ1) is 11.6. The maximum atomic E-state index is 11.9. The van der Waals surface area contributed by atoms with Gasteiger partial charge in [-0.15, -0.1) is 0 Å². The highest BCUT2D eigenvalue weighted by Gasteiger charge is 2.11. The highest BCUT2D eigenvalue weighted by atomic mass is 35.5. The molecule has 0 fully saturated rings. The number of anilines is 1. The van der Waals surface area contributed by atoms with Crippen molar-refractivity contribution in [2.45, 2.75) is 12.8 Å². The molecule has 0 atom stereocenters. The van der Waals surface area contributed by atoms with Crippen LogP contribution in [0.4, 0.5) is 5.69 Å². The number of carbonyl (C=O) groups excluding carboxylic acids is 1. The molecule has 3 rings (SSSR count). The van der Waals surface area contributed by atoms with Gasteiger partial charge in [-0.25, -0.2) is 0 Å². The molecule has 0 aliphatic rings. The van der Waals surface area contributed by atoms with Crippen molar-refractivity contribution in [1.82, 2.24) is 10.1 Å². The molecule has 0 spiro atoms. The molecular weight excluding hydrogens is 330 g/mol. The van der Waals surface area contributed by atoms with E-state index in [1.165, 1.54) is 6.07 Å². The molecule has 0 aliphatic heterocycles. The summed E-state index contributed by atoms with van der Waals surface area (Å²) in [5.41, 5.74) is 1.16. The van der Waals surface area contributed by atoms with Gasteiger partial charge in [-0.2, -0.15) is 4.98 Å². The van der Waals surface area contributed by atoms with Gasteiger partial charge in [0.2, 0.25) is 17.6 Å². The zero-order chi connectivity index (χ0) is 16.9. The van der Waals surface area contributed by atoms with Crippen LogP contribution in [0, 0.1) is 0 Å². The first-order valence-electron chi connectivity index (χ1n) is 7.28. The lowest BCUT2D eigenvalue weighted by atomic mass is 10.2. The van der Waals surface area contributed by atoms with Crippen LogP contribution in [0.1, 0.15) is 12.3 Å². The van der Waals surface area contributed by atoms with Gasteiger partial charge < -0.3 is 14.9 Å². The predicted octanol–water partition coefficient (Wildman–Crippen LogP) is 3.67. The lowest BCUT2D eigenvalue weighted by Crippen LogP contribution is -2.12. The van der Waals surface area contributed by atoms with E-state index in [1.54, 1.807) is 42.5 Å². The number of rotatable bonds is 5. The molecule has 2 N–H and O–H groups in total. The molecule has 0 aliphatic carbocycles. The van der Waals surface area contributed by atoms with Crippen molar-refractivity contribution >= 4 is 23.2 Å². The van der Waals surface area contributed by atoms with Crippen LogP contribution in [0.25, 0.3) is 11.4 Å². The number of aryl methyl sites for hydroxylation is 1. The Labute approximate surface area is 143 Å². The fourth-order valence-corrected chi connectivity index (χ4v) is 2.21. The standard InChI is InChI=1S/C17H14ClN3O3/c18-12-7-5-11(6-8-12)17-20-16(24-21-17)10-9-15(23)19-13-3-1-2-4-14(13)22/h1-8,22H,9-10H2,(H,19,23). The fourth-order valence-electron chi connectivity index (χ4n) is 2.09. The van der Waals surface area contributed by atoms with E-state index < -0.39 is 0 Å². The van der Waals surface area contributed by atoms with Gasteiger partial charge in [0.25, 0.3) is 0 Å². The van der Waals surface area contributed by atoms with Gasteiger partial charge in [0.05, 0.1) is 5.69 Å². The van der Waals surface area contributed by atoms with E-state index in [2.05, 4.69) is 15.5 Å². The lowest BCUT2D eigenvalue weighted by molar-refractivity contribution is -0.116. The van der Waals surface area contributed by atoms with E-state index in [4.69, 9.17) is 16.1 Å². The molecule has 122 valence electrons. The van der Waals surface area contributed by atoms with Crippen LogP contribution >= 0.6 is 11.6 Å². The normalized spacial score (nSPS) is 10.5. The largest absolute Gasteiger partial charge is 0.506 e. The van der Waals surface area contributed by atoms with E-state index in [1.807, 2.05) is 0 Å². The second kappa shape index (κ2) is 7.14. The van der Waals surface area contributed by atoms with Crippen LogP contribution in [0.5, 0.6) is 5.75 Å². The van der Waals surface area contributed by atoms with Gasteiger partial charge in [0, 0.05) is 23.4 Å². The van der Waals surface area contributed by atoms with Gasteiger partial charge in [0.15, 0.2) is 0 Å². The highest BCUT2D eigenvalue weighted by Crippen LogP contribution is 2.22. The van der Waals surface area contributed by atoms with Gasteiger partial charge in [0.1, 0.15) is 5.75 Å². The summed E-state index contributed by atoms with van der Waals surface area (Å²) in [7, 11) is 0. The highest BCUT2D eigenvalue weighted by molar-refractivity contribution is 6.30. The van der Waals surface area contributed by atoms with Gasteiger partial charge >= 0.3 is 0 Å². The first-order valence-corrected chi connectivity index (χ1v) is 7.66. The molecule has 24 heavy (non-hydrogen) atoms. The number of carbonyl (C=O) groups is 1. The van der Waals surface area contributed by atoms with Gasteiger partial charge in [-0.3, -0.25) is 4.79 Å². The van der Waals surface area contributed by atoms with Crippen LogP contribution in [-0.2, 0) is 11.2 Å². The maximum absolute atomic E-state index is 11.9. The van der Waals surface area contributed by atoms with E-state index in [0.717, 1.165) is 5.56 Å². The Morgan fingerprint density at radius 1 is 1.17 bits per heavy atom. The van der Waals surface area contributed by atoms with Crippen molar-refractivity contribution in [2.24, 2.45) is 0 Å². The number of halogens is 1. The number of nitrogens with zero attached hydrogens (tertiary/aromatic N) is 2. The molecule has 0 saturated carbocycles. The number of benzene rings is 2. The molecular formula is C17H14ClN3O3. The zero-order valence-electron chi connectivity index (χ0n) is 12.6. The Morgan fingerprint density at radius 2 is 1.92 bits per heavy atom. The summed E-state index contributed by atoms with van der Waals surface area (Å²) < 4.78 is 5.15. The third-order valence-corrected chi connectivity index (χ3v) is 3.57. The first kappa shape index (κ1) is 16.0. The number of amides is 1. The third kappa shape index (κ3) is 3.91. The average molecular weight is 344 g/mol. The van der Waals surface area contributed by atoms with Crippen molar-refractivity contribution in [1.29, 1.82) is 0 Å². The summed E-state index contributed by atoms with van der Waals surface area (Å²) in [4.78, 5) is 16.2. The molecule has 0 unspecified atom stereocenters. The minimum Gasteiger partial charge on any atom is -0.506 e. The molecule has 7 heteroatoms. The second-order valence-electron chi connectivity index (χ2n) is 5.08. The topological polar surface area (TPSA) is 88.2 Å². The number of aromatic nitrogens is 2. The Morgan fingerprint density at radius 3 is 2.67 bits per heavy atom. The monoisotopic (exact) mass is 343 g/mol. The van der Waals surface area contributed by atoms with Crippen molar-refractivity contribution in [3.05, 3.63) is 59.4 Å². The molecule has 1 heterocycles. The Kier molecular flexibility index (Phi) is 4.77. The summed E-state index contributed by atoms with van der Waals surface area (Å²) >= 11 is 5.84. The SMILES string of the molecule is O=C(CCc1nc(-c2ccc(Cl)cc2)no1)Nc1ccccc1O. The molecule has 0 radical (unpaired) electrons. The van der Waals surface area contributed by atoms with Crippen LogP contribution in [0.2, 0.25) is 5.02 Å². The van der Waals surface area contributed by atoms with Crippen molar-refractivity contribution in [3.63, 3.8) is 0 Å². The number of phenolic OH excluding ortho intramolecular Hbond substituents is 1. The summed E-state index contributed by atoms with van der Waals surface area (Å²) in [5, 5.41) is 16.8. The number of nitrogens with one attached hydrogen (secondary N) is 1.